The summed E-state index contributed by atoms with van der Waals surface area (Å²) in [5, 5.41) is 5.71. The number of amides is 1. The van der Waals surface area contributed by atoms with Gasteiger partial charge in [-0.1, -0.05) is 53.7 Å². The van der Waals surface area contributed by atoms with E-state index in [4.69, 9.17) is 9.72 Å². The SMILES string of the molecule is C=CCn1c(SCC(=O)Nc2cccc(C(=O)OC)c2)nc2scc(-c3ccc(C)cc3)c2c1=O. The molecule has 2 aromatic carbocycles. The minimum atomic E-state index is -0.484. The van der Waals surface area contributed by atoms with Crippen LogP contribution in [0.2, 0.25) is 0 Å². The van der Waals surface area contributed by atoms with Crippen LogP contribution in [0, 0.1) is 6.92 Å². The van der Waals surface area contributed by atoms with Gasteiger partial charge in [-0.25, -0.2) is 9.78 Å². The van der Waals surface area contributed by atoms with Crippen LogP contribution >= 0.6 is 23.1 Å². The Kier molecular flexibility index (Phi) is 7.48. The fraction of sp³-hybridized carbons (Fsp3) is 0.154. The zero-order valence-corrected chi connectivity index (χ0v) is 20.9. The van der Waals surface area contributed by atoms with Crippen molar-refractivity contribution in [1.29, 1.82) is 0 Å². The first-order valence-corrected chi connectivity index (χ1v) is 12.6. The Bertz CT molecular complexity index is 1470. The zero-order valence-electron chi connectivity index (χ0n) is 19.2. The van der Waals surface area contributed by atoms with Gasteiger partial charge < -0.3 is 10.1 Å². The number of nitrogens with one attached hydrogen (secondary N) is 1. The van der Waals surface area contributed by atoms with E-state index in [-0.39, 0.29) is 23.8 Å². The fourth-order valence-corrected chi connectivity index (χ4v) is 5.32. The van der Waals surface area contributed by atoms with E-state index < -0.39 is 5.97 Å². The number of thiophene rings is 1. The molecule has 178 valence electrons. The minimum Gasteiger partial charge on any atom is -0.465 e. The van der Waals surface area contributed by atoms with E-state index in [1.54, 1.807) is 30.3 Å². The summed E-state index contributed by atoms with van der Waals surface area (Å²) in [6, 6.07) is 14.5. The Labute approximate surface area is 210 Å². The highest BCUT2D eigenvalue weighted by Crippen LogP contribution is 2.32. The van der Waals surface area contributed by atoms with Crippen molar-refractivity contribution in [2.24, 2.45) is 0 Å². The van der Waals surface area contributed by atoms with Crippen LogP contribution in [0.25, 0.3) is 21.3 Å². The van der Waals surface area contributed by atoms with Crippen molar-refractivity contribution in [2.75, 3.05) is 18.2 Å². The quantitative estimate of drug-likeness (QED) is 0.154. The number of carbonyl (C=O) groups is 2. The van der Waals surface area contributed by atoms with Crippen molar-refractivity contribution >= 4 is 50.9 Å². The third-order valence-corrected chi connectivity index (χ3v) is 7.08. The van der Waals surface area contributed by atoms with Gasteiger partial charge in [0, 0.05) is 23.2 Å². The predicted octanol–water partition coefficient (Wildman–Crippen LogP) is 5.14. The van der Waals surface area contributed by atoms with Crippen molar-refractivity contribution in [1.82, 2.24) is 9.55 Å². The van der Waals surface area contributed by atoms with Crippen LogP contribution in [-0.4, -0.2) is 34.3 Å². The number of benzene rings is 2. The number of rotatable bonds is 8. The summed E-state index contributed by atoms with van der Waals surface area (Å²) in [5.74, 6) is -0.737. The molecule has 0 radical (unpaired) electrons. The van der Waals surface area contributed by atoms with Crippen LogP contribution in [0.3, 0.4) is 0 Å². The molecule has 2 aromatic heterocycles. The maximum Gasteiger partial charge on any atom is 0.337 e. The van der Waals surface area contributed by atoms with E-state index in [0.717, 1.165) is 16.7 Å². The lowest BCUT2D eigenvalue weighted by molar-refractivity contribution is -0.113. The van der Waals surface area contributed by atoms with Crippen molar-refractivity contribution in [2.45, 2.75) is 18.6 Å². The molecule has 35 heavy (non-hydrogen) atoms. The molecule has 0 aliphatic rings. The lowest BCUT2D eigenvalue weighted by atomic mass is 10.1. The molecule has 0 saturated heterocycles. The van der Waals surface area contributed by atoms with Gasteiger partial charge >= 0.3 is 5.97 Å². The molecular weight excluding hydrogens is 482 g/mol. The molecule has 7 nitrogen and oxygen atoms in total. The first kappa shape index (κ1) is 24.4. The van der Waals surface area contributed by atoms with Gasteiger partial charge in [0.2, 0.25) is 5.91 Å². The Balaban J connectivity index is 1.58. The molecular formula is C26H23N3O4S2. The monoisotopic (exact) mass is 505 g/mol. The van der Waals surface area contributed by atoms with Crippen LogP contribution in [-0.2, 0) is 16.1 Å². The number of nitrogens with zero attached hydrogens (tertiary/aromatic N) is 2. The molecule has 0 aliphatic carbocycles. The summed E-state index contributed by atoms with van der Waals surface area (Å²) in [6.45, 7) is 6.06. The van der Waals surface area contributed by atoms with E-state index in [2.05, 4.69) is 11.9 Å². The molecule has 0 saturated carbocycles. The van der Waals surface area contributed by atoms with Gasteiger partial charge in [-0.15, -0.1) is 17.9 Å². The topological polar surface area (TPSA) is 90.3 Å². The molecule has 9 heteroatoms. The van der Waals surface area contributed by atoms with Gasteiger partial charge in [-0.05, 0) is 30.7 Å². The average Bonchev–Trinajstić information content (AvgIpc) is 3.29. The van der Waals surface area contributed by atoms with Crippen LogP contribution < -0.4 is 10.9 Å². The Hall–Kier alpha value is -3.69. The molecule has 2 heterocycles. The molecule has 4 aromatic rings. The largest absolute Gasteiger partial charge is 0.465 e. The third kappa shape index (κ3) is 5.36. The van der Waals surface area contributed by atoms with Crippen molar-refractivity contribution in [3.05, 3.63) is 88.0 Å². The molecule has 0 fully saturated rings. The molecule has 0 unspecified atom stereocenters. The number of methoxy groups -OCH3 is 1. The summed E-state index contributed by atoms with van der Waals surface area (Å²) in [4.78, 5) is 43.1. The first-order valence-electron chi connectivity index (χ1n) is 10.7. The van der Waals surface area contributed by atoms with Crippen LogP contribution in [0.1, 0.15) is 15.9 Å². The van der Waals surface area contributed by atoms with E-state index in [9.17, 15) is 14.4 Å². The number of hydrogen-bond acceptors (Lipinski definition) is 7. The van der Waals surface area contributed by atoms with Gasteiger partial charge in [0.15, 0.2) is 5.16 Å². The molecule has 1 N–H and O–H groups in total. The molecule has 4 rings (SSSR count). The second kappa shape index (κ2) is 10.7. The lowest BCUT2D eigenvalue weighted by Crippen LogP contribution is -2.23. The second-order valence-electron chi connectivity index (χ2n) is 7.70. The number of allylic oxidation sites excluding steroid dienone is 1. The van der Waals surface area contributed by atoms with Gasteiger partial charge in [-0.3, -0.25) is 14.2 Å². The fourth-order valence-electron chi connectivity index (χ4n) is 3.52. The Morgan fingerprint density at radius 2 is 2.00 bits per heavy atom. The number of hydrogen-bond donors (Lipinski definition) is 1. The number of aromatic nitrogens is 2. The Morgan fingerprint density at radius 1 is 1.23 bits per heavy atom. The number of thioether (sulfide) groups is 1. The zero-order chi connectivity index (χ0) is 24.9. The van der Waals surface area contributed by atoms with E-state index >= 15 is 0 Å². The summed E-state index contributed by atoms with van der Waals surface area (Å²) in [7, 11) is 1.30. The summed E-state index contributed by atoms with van der Waals surface area (Å²) in [5.41, 5.74) is 3.60. The van der Waals surface area contributed by atoms with Crippen molar-refractivity contribution < 1.29 is 14.3 Å². The standard InChI is InChI=1S/C26H23N3O4S2/c1-4-12-29-24(31)22-20(17-10-8-16(2)9-11-17)14-34-23(22)28-26(29)35-15-21(30)27-19-7-5-6-18(13-19)25(32)33-3/h4-11,13-14H,1,12,15H2,2-3H3,(H,27,30). The second-order valence-corrected chi connectivity index (χ2v) is 9.50. The summed E-state index contributed by atoms with van der Waals surface area (Å²) >= 11 is 2.58. The van der Waals surface area contributed by atoms with E-state index in [0.29, 0.717) is 26.6 Å². The normalized spacial score (nSPS) is 10.8. The number of carbonyl (C=O) groups excluding carboxylic acids is 2. The highest BCUT2D eigenvalue weighted by molar-refractivity contribution is 7.99. The van der Waals surface area contributed by atoms with Crippen molar-refractivity contribution in [3.8, 4) is 11.1 Å². The lowest BCUT2D eigenvalue weighted by Gasteiger charge is -2.11. The summed E-state index contributed by atoms with van der Waals surface area (Å²) in [6.07, 6.45) is 1.63. The number of esters is 1. The van der Waals surface area contributed by atoms with Crippen LogP contribution in [0.5, 0.6) is 0 Å². The summed E-state index contributed by atoms with van der Waals surface area (Å²) < 4.78 is 6.25. The van der Waals surface area contributed by atoms with Gasteiger partial charge in [0.05, 0.1) is 23.8 Å². The molecule has 0 atom stereocenters. The molecule has 0 aliphatic heterocycles. The first-order chi connectivity index (χ1) is 16.9. The van der Waals surface area contributed by atoms with Crippen LogP contribution in [0.4, 0.5) is 5.69 Å². The minimum absolute atomic E-state index is 0.0355. The van der Waals surface area contributed by atoms with Crippen LogP contribution in [0.15, 0.2) is 76.5 Å². The molecule has 0 spiro atoms. The Morgan fingerprint density at radius 3 is 2.71 bits per heavy atom. The van der Waals surface area contributed by atoms with Gasteiger partial charge in [-0.2, -0.15) is 0 Å². The molecule has 0 bridgehead atoms. The average molecular weight is 506 g/mol. The highest BCUT2D eigenvalue weighted by atomic mass is 32.2. The highest BCUT2D eigenvalue weighted by Gasteiger charge is 2.18. The number of ether oxygens (including phenoxy) is 1. The van der Waals surface area contributed by atoms with Gasteiger partial charge in [0.1, 0.15) is 4.83 Å². The number of fused-ring (bicyclic) bond motifs is 1. The smallest absolute Gasteiger partial charge is 0.337 e. The van der Waals surface area contributed by atoms with Gasteiger partial charge in [0.25, 0.3) is 5.56 Å². The van der Waals surface area contributed by atoms with E-state index in [1.165, 1.54) is 34.8 Å². The third-order valence-electron chi connectivity index (χ3n) is 5.23. The number of aryl methyl sites for hydroxylation is 1. The van der Waals surface area contributed by atoms with E-state index in [1.807, 2.05) is 36.6 Å². The number of anilines is 1. The van der Waals surface area contributed by atoms with Crippen molar-refractivity contribution in [3.63, 3.8) is 0 Å². The predicted molar refractivity (Wildman–Crippen MR) is 141 cm³/mol. The maximum atomic E-state index is 13.5. The molecule has 1 amide bonds. The maximum absolute atomic E-state index is 13.5.